The Labute approximate surface area is 140 Å². The molecule has 0 spiro atoms. The number of hydrogen-bond donors (Lipinski definition) is 1. The number of aryl methyl sites for hydroxylation is 1. The van der Waals surface area contributed by atoms with Crippen molar-refractivity contribution in [2.75, 3.05) is 5.32 Å². The summed E-state index contributed by atoms with van der Waals surface area (Å²) in [6.45, 7) is 1.84. The summed E-state index contributed by atoms with van der Waals surface area (Å²) in [6, 6.07) is 8.39. The Kier molecular flexibility index (Phi) is 4.97. The van der Waals surface area contributed by atoms with Crippen molar-refractivity contribution in [2.24, 2.45) is 0 Å². The van der Waals surface area contributed by atoms with Gasteiger partial charge in [0.1, 0.15) is 0 Å². The van der Waals surface area contributed by atoms with Crippen LogP contribution in [0.3, 0.4) is 0 Å². The molecule has 0 aliphatic heterocycles. The number of hydrogen-bond acceptors (Lipinski definition) is 1. The fraction of sp³-hybridized carbons (Fsp3) is 0.0714. The van der Waals surface area contributed by atoms with E-state index < -0.39 is 0 Å². The molecule has 0 aliphatic rings. The molecule has 0 atom stereocenters. The Morgan fingerprint density at radius 3 is 2.50 bits per heavy atom. The molecule has 6 heteroatoms. The van der Waals surface area contributed by atoms with Gasteiger partial charge < -0.3 is 5.32 Å². The largest absolute Gasteiger partial charge is 0.319 e. The minimum atomic E-state index is -0.317. The van der Waals surface area contributed by atoms with Gasteiger partial charge in [0.05, 0.1) is 21.3 Å². The van der Waals surface area contributed by atoms with Crippen LogP contribution in [-0.4, -0.2) is 5.91 Å². The van der Waals surface area contributed by atoms with Crippen molar-refractivity contribution >= 4 is 62.3 Å². The molecule has 0 radical (unpaired) electrons. The monoisotopic (exact) mass is 391 g/mol. The summed E-state index contributed by atoms with van der Waals surface area (Å²) in [5, 5.41) is 4.08. The normalized spacial score (nSPS) is 10.4. The molecule has 2 rings (SSSR count). The molecule has 0 heterocycles. The van der Waals surface area contributed by atoms with Crippen LogP contribution in [0.1, 0.15) is 15.9 Å². The molecular formula is C14H9BrCl3NO. The van der Waals surface area contributed by atoms with Gasteiger partial charge in [-0.1, -0.05) is 40.9 Å². The van der Waals surface area contributed by atoms with E-state index in [1.807, 2.05) is 6.92 Å². The molecule has 2 nitrogen and oxygen atoms in total. The Morgan fingerprint density at radius 1 is 1.15 bits per heavy atom. The van der Waals surface area contributed by atoms with Gasteiger partial charge in [0, 0.05) is 9.50 Å². The van der Waals surface area contributed by atoms with E-state index in [0.29, 0.717) is 30.8 Å². The maximum atomic E-state index is 12.3. The molecule has 0 bridgehead atoms. The summed E-state index contributed by atoms with van der Waals surface area (Å²) in [5.74, 6) is -0.317. The maximum Gasteiger partial charge on any atom is 0.256 e. The standard InChI is InChI=1S/C14H9BrCl3NO/c1-7-2-5-11(17)13(12(7)18)19-14(20)9-4-3-8(16)6-10(9)15/h2-6H,1H3,(H,19,20). The molecule has 0 aliphatic carbocycles. The quantitative estimate of drug-likeness (QED) is 0.669. The molecule has 0 unspecified atom stereocenters. The van der Waals surface area contributed by atoms with Gasteiger partial charge in [0.15, 0.2) is 0 Å². The molecule has 104 valence electrons. The molecule has 2 aromatic carbocycles. The van der Waals surface area contributed by atoms with Crippen molar-refractivity contribution in [3.8, 4) is 0 Å². The minimum absolute atomic E-state index is 0.317. The number of anilines is 1. The van der Waals surface area contributed by atoms with Gasteiger partial charge in [0.25, 0.3) is 5.91 Å². The first-order valence-electron chi connectivity index (χ1n) is 5.61. The van der Waals surface area contributed by atoms with Crippen LogP contribution in [-0.2, 0) is 0 Å². The number of amides is 1. The second kappa shape index (κ2) is 6.35. The third-order valence-electron chi connectivity index (χ3n) is 2.70. The van der Waals surface area contributed by atoms with Crippen molar-refractivity contribution in [3.05, 3.63) is 61.0 Å². The van der Waals surface area contributed by atoms with E-state index in [-0.39, 0.29) is 5.91 Å². The lowest BCUT2D eigenvalue weighted by Gasteiger charge is -2.12. The van der Waals surface area contributed by atoms with Crippen molar-refractivity contribution in [3.63, 3.8) is 0 Å². The van der Waals surface area contributed by atoms with Crippen LogP contribution in [0.25, 0.3) is 0 Å². The third kappa shape index (κ3) is 3.29. The van der Waals surface area contributed by atoms with Crippen molar-refractivity contribution in [1.82, 2.24) is 0 Å². The summed E-state index contributed by atoms with van der Waals surface area (Å²) in [7, 11) is 0. The van der Waals surface area contributed by atoms with Crippen molar-refractivity contribution in [2.45, 2.75) is 6.92 Å². The first-order valence-corrected chi connectivity index (χ1v) is 7.54. The van der Waals surface area contributed by atoms with E-state index >= 15 is 0 Å². The Hall–Kier alpha value is -0.740. The molecular weight excluding hydrogens is 384 g/mol. The molecule has 1 N–H and O–H groups in total. The topological polar surface area (TPSA) is 29.1 Å². The van der Waals surface area contributed by atoms with E-state index in [9.17, 15) is 4.79 Å². The van der Waals surface area contributed by atoms with Crippen LogP contribution >= 0.6 is 50.7 Å². The number of benzene rings is 2. The lowest BCUT2D eigenvalue weighted by Crippen LogP contribution is -2.13. The number of halogens is 4. The van der Waals surface area contributed by atoms with E-state index in [4.69, 9.17) is 34.8 Å². The second-order valence-electron chi connectivity index (χ2n) is 4.13. The fourth-order valence-corrected chi connectivity index (χ4v) is 2.95. The highest BCUT2D eigenvalue weighted by Crippen LogP contribution is 2.33. The number of carbonyl (C=O) groups excluding carboxylic acids is 1. The SMILES string of the molecule is Cc1ccc(Cl)c(NC(=O)c2ccc(Cl)cc2Br)c1Cl. The minimum Gasteiger partial charge on any atom is -0.319 e. The van der Waals surface area contributed by atoms with Gasteiger partial charge in [-0.2, -0.15) is 0 Å². The smallest absolute Gasteiger partial charge is 0.256 e. The second-order valence-corrected chi connectivity index (χ2v) is 6.21. The summed E-state index contributed by atoms with van der Waals surface area (Å²) >= 11 is 21.4. The highest BCUT2D eigenvalue weighted by atomic mass is 79.9. The van der Waals surface area contributed by atoms with Gasteiger partial charge in [0.2, 0.25) is 0 Å². The Balaban J connectivity index is 2.35. The van der Waals surface area contributed by atoms with Crippen LogP contribution in [0, 0.1) is 6.92 Å². The van der Waals surface area contributed by atoms with E-state index in [2.05, 4.69) is 21.2 Å². The lowest BCUT2D eigenvalue weighted by molar-refractivity contribution is 0.102. The molecule has 0 aromatic heterocycles. The third-order valence-corrected chi connectivity index (χ3v) is 4.39. The van der Waals surface area contributed by atoms with E-state index in [1.165, 1.54) is 0 Å². The number of rotatable bonds is 2. The predicted octanol–water partition coefficient (Wildman–Crippen LogP) is 5.97. The summed E-state index contributed by atoms with van der Waals surface area (Å²) in [5.41, 5.74) is 1.68. The first-order chi connectivity index (χ1) is 9.40. The Morgan fingerprint density at radius 2 is 1.85 bits per heavy atom. The van der Waals surface area contributed by atoms with Crippen LogP contribution in [0.4, 0.5) is 5.69 Å². The van der Waals surface area contributed by atoms with E-state index in [0.717, 1.165) is 5.56 Å². The zero-order valence-electron chi connectivity index (χ0n) is 10.3. The highest BCUT2D eigenvalue weighted by molar-refractivity contribution is 9.10. The number of carbonyl (C=O) groups is 1. The molecule has 0 fully saturated rings. The zero-order chi connectivity index (χ0) is 14.9. The van der Waals surface area contributed by atoms with Crippen LogP contribution in [0.5, 0.6) is 0 Å². The molecule has 0 saturated heterocycles. The van der Waals surface area contributed by atoms with Gasteiger partial charge in [-0.05, 0) is 52.7 Å². The van der Waals surface area contributed by atoms with Crippen LogP contribution < -0.4 is 5.32 Å². The first kappa shape index (κ1) is 15.6. The Bertz CT molecular complexity index is 688. The molecule has 20 heavy (non-hydrogen) atoms. The number of nitrogens with one attached hydrogen (secondary N) is 1. The summed E-state index contributed by atoms with van der Waals surface area (Å²) in [4.78, 5) is 12.3. The van der Waals surface area contributed by atoms with Crippen LogP contribution in [0.2, 0.25) is 15.1 Å². The van der Waals surface area contributed by atoms with Gasteiger partial charge in [-0.25, -0.2) is 0 Å². The molecule has 0 saturated carbocycles. The van der Waals surface area contributed by atoms with Gasteiger partial charge in [-0.3, -0.25) is 4.79 Å². The van der Waals surface area contributed by atoms with Crippen molar-refractivity contribution < 1.29 is 4.79 Å². The molecule has 2 aromatic rings. The summed E-state index contributed by atoms with van der Waals surface area (Å²) < 4.78 is 0.599. The van der Waals surface area contributed by atoms with Gasteiger partial charge >= 0.3 is 0 Å². The lowest BCUT2D eigenvalue weighted by atomic mass is 10.2. The van der Waals surface area contributed by atoms with Crippen molar-refractivity contribution in [1.29, 1.82) is 0 Å². The maximum absolute atomic E-state index is 12.3. The summed E-state index contributed by atoms with van der Waals surface area (Å²) in [6.07, 6.45) is 0. The zero-order valence-corrected chi connectivity index (χ0v) is 14.2. The van der Waals surface area contributed by atoms with E-state index in [1.54, 1.807) is 30.3 Å². The predicted molar refractivity (Wildman–Crippen MR) is 88.3 cm³/mol. The molecule has 1 amide bonds. The highest BCUT2D eigenvalue weighted by Gasteiger charge is 2.15. The fourth-order valence-electron chi connectivity index (χ4n) is 1.63. The van der Waals surface area contributed by atoms with Crippen LogP contribution in [0.15, 0.2) is 34.8 Å². The average Bonchev–Trinajstić information content (AvgIpc) is 2.39. The van der Waals surface area contributed by atoms with Gasteiger partial charge in [-0.15, -0.1) is 0 Å². The average molecular weight is 393 g/mol.